The average Bonchev–Trinajstić information content (AvgIpc) is 2.84. The number of nitrogens with two attached hydrogens (primary N) is 1. The van der Waals surface area contributed by atoms with Gasteiger partial charge in [-0.25, -0.2) is 0 Å². The van der Waals surface area contributed by atoms with Crippen molar-refractivity contribution in [3.05, 3.63) is 0 Å². The monoisotopic (exact) mass is 278 g/mol. The minimum absolute atomic E-state index is 0. The molecule has 0 bridgehead atoms. The van der Waals surface area contributed by atoms with E-state index in [1.165, 1.54) is 0 Å². The number of hydrogen-bond donors (Lipinski definition) is 1. The standard InChI is InChI=1S/C13H26N2O2.ClH/c1-3-15(9-10-17-4-2)12(16)13(11-14)7-5-6-8-13;/h3-11,14H2,1-2H3;1H. The van der Waals surface area contributed by atoms with Crippen molar-refractivity contribution in [2.45, 2.75) is 39.5 Å². The lowest BCUT2D eigenvalue weighted by atomic mass is 9.84. The van der Waals surface area contributed by atoms with Crippen molar-refractivity contribution < 1.29 is 9.53 Å². The van der Waals surface area contributed by atoms with E-state index < -0.39 is 0 Å². The maximum absolute atomic E-state index is 12.5. The lowest BCUT2D eigenvalue weighted by molar-refractivity contribution is -0.142. The fourth-order valence-corrected chi connectivity index (χ4v) is 2.61. The van der Waals surface area contributed by atoms with Crippen LogP contribution in [0.2, 0.25) is 0 Å². The molecule has 0 aromatic rings. The van der Waals surface area contributed by atoms with Crippen molar-refractivity contribution in [3.63, 3.8) is 0 Å². The summed E-state index contributed by atoms with van der Waals surface area (Å²) < 4.78 is 5.32. The van der Waals surface area contributed by atoms with Gasteiger partial charge in [0, 0.05) is 26.2 Å². The SMILES string of the molecule is CCOCCN(CC)C(=O)C1(CN)CCCC1.Cl. The number of likely N-dealkylation sites (N-methyl/N-ethyl adjacent to an activating group) is 1. The molecule has 5 heteroatoms. The third-order valence-electron chi connectivity index (χ3n) is 3.78. The fourth-order valence-electron chi connectivity index (χ4n) is 2.61. The first-order chi connectivity index (χ1) is 8.20. The normalized spacial score (nSPS) is 17.3. The van der Waals surface area contributed by atoms with E-state index in [1.807, 2.05) is 18.7 Å². The smallest absolute Gasteiger partial charge is 0.230 e. The van der Waals surface area contributed by atoms with Gasteiger partial charge in [0.15, 0.2) is 0 Å². The molecule has 0 spiro atoms. The number of nitrogens with zero attached hydrogens (tertiary/aromatic N) is 1. The second-order valence-electron chi connectivity index (χ2n) is 4.77. The van der Waals surface area contributed by atoms with Crippen LogP contribution < -0.4 is 5.73 Å². The molecule has 0 aromatic carbocycles. The highest BCUT2D eigenvalue weighted by molar-refractivity contribution is 5.85. The summed E-state index contributed by atoms with van der Waals surface area (Å²) in [4.78, 5) is 14.4. The number of carbonyl (C=O) groups is 1. The Bertz CT molecular complexity index is 243. The molecule has 108 valence electrons. The van der Waals surface area contributed by atoms with Gasteiger partial charge >= 0.3 is 0 Å². The minimum Gasteiger partial charge on any atom is -0.380 e. The quantitative estimate of drug-likeness (QED) is 0.723. The number of amides is 1. The highest BCUT2D eigenvalue weighted by Crippen LogP contribution is 2.38. The summed E-state index contributed by atoms with van der Waals surface area (Å²) in [7, 11) is 0. The number of carbonyl (C=O) groups excluding carboxylic acids is 1. The van der Waals surface area contributed by atoms with Crippen LogP contribution in [0.3, 0.4) is 0 Å². The van der Waals surface area contributed by atoms with Crippen LogP contribution in [-0.4, -0.2) is 43.7 Å². The topological polar surface area (TPSA) is 55.6 Å². The van der Waals surface area contributed by atoms with Gasteiger partial charge in [-0.2, -0.15) is 0 Å². The first-order valence-electron chi connectivity index (χ1n) is 6.77. The van der Waals surface area contributed by atoms with E-state index >= 15 is 0 Å². The molecule has 1 aliphatic rings. The fraction of sp³-hybridized carbons (Fsp3) is 0.923. The second-order valence-corrected chi connectivity index (χ2v) is 4.77. The molecule has 1 aliphatic carbocycles. The lowest BCUT2D eigenvalue weighted by Crippen LogP contribution is -2.47. The van der Waals surface area contributed by atoms with Gasteiger partial charge in [-0.15, -0.1) is 12.4 Å². The highest BCUT2D eigenvalue weighted by atomic mass is 35.5. The molecule has 18 heavy (non-hydrogen) atoms. The Morgan fingerprint density at radius 2 is 1.94 bits per heavy atom. The predicted molar refractivity (Wildman–Crippen MR) is 76.0 cm³/mol. The van der Waals surface area contributed by atoms with Gasteiger partial charge in [0.25, 0.3) is 0 Å². The molecule has 0 atom stereocenters. The lowest BCUT2D eigenvalue weighted by Gasteiger charge is -2.32. The molecule has 0 radical (unpaired) electrons. The van der Waals surface area contributed by atoms with Crippen molar-refractivity contribution in [1.82, 2.24) is 4.90 Å². The van der Waals surface area contributed by atoms with Gasteiger partial charge < -0.3 is 15.4 Å². The predicted octanol–water partition coefficient (Wildman–Crippen LogP) is 1.81. The molecule has 1 rings (SSSR count). The molecule has 1 fully saturated rings. The van der Waals surface area contributed by atoms with Crippen LogP contribution in [0.15, 0.2) is 0 Å². The van der Waals surface area contributed by atoms with Crippen LogP contribution in [0, 0.1) is 5.41 Å². The summed E-state index contributed by atoms with van der Waals surface area (Å²) in [5.74, 6) is 0.236. The zero-order valence-corrected chi connectivity index (χ0v) is 12.4. The van der Waals surface area contributed by atoms with Crippen LogP contribution in [0.4, 0.5) is 0 Å². The van der Waals surface area contributed by atoms with E-state index in [-0.39, 0.29) is 23.7 Å². The first kappa shape index (κ1) is 17.7. The molecule has 0 heterocycles. The summed E-state index contributed by atoms with van der Waals surface area (Å²) in [5.41, 5.74) is 5.56. The molecule has 1 amide bonds. The van der Waals surface area contributed by atoms with E-state index in [4.69, 9.17) is 10.5 Å². The Balaban J connectivity index is 0.00000289. The molecule has 2 N–H and O–H groups in total. The van der Waals surface area contributed by atoms with E-state index in [9.17, 15) is 4.79 Å². The summed E-state index contributed by atoms with van der Waals surface area (Å²) in [6, 6.07) is 0. The van der Waals surface area contributed by atoms with Crippen molar-refractivity contribution in [1.29, 1.82) is 0 Å². The summed E-state index contributed by atoms with van der Waals surface area (Å²) >= 11 is 0. The van der Waals surface area contributed by atoms with E-state index in [2.05, 4.69) is 0 Å². The summed E-state index contributed by atoms with van der Waals surface area (Å²) in [6.45, 7) is 7.22. The van der Waals surface area contributed by atoms with E-state index in [1.54, 1.807) is 0 Å². The van der Waals surface area contributed by atoms with Crippen LogP contribution in [0.5, 0.6) is 0 Å². The zero-order valence-electron chi connectivity index (χ0n) is 11.6. The molecule has 0 aromatic heterocycles. The zero-order chi connectivity index (χ0) is 12.7. The van der Waals surface area contributed by atoms with E-state index in [0.29, 0.717) is 26.3 Å². The molecular formula is C13H27ClN2O2. The largest absolute Gasteiger partial charge is 0.380 e. The number of hydrogen-bond acceptors (Lipinski definition) is 3. The molecule has 0 unspecified atom stereocenters. The van der Waals surface area contributed by atoms with Crippen LogP contribution >= 0.6 is 12.4 Å². The van der Waals surface area contributed by atoms with Gasteiger partial charge in [-0.1, -0.05) is 12.8 Å². The summed E-state index contributed by atoms with van der Waals surface area (Å²) in [5, 5.41) is 0. The van der Waals surface area contributed by atoms with E-state index in [0.717, 1.165) is 32.2 Å². The second kappa shape index (κ2) is 8.73. The van der Waals surface area contributed by atoms with Gasteiger partial charge in [0.1, 0.15) is 0 Å². The molecule has 0 saturated heterocycles. The average molecular weight is 279 g/mol. The number of rotatable bonds is 7. The maximum atomic E-state index is 12.5. The van der Waals surface area contributed by atoms with Gasteiger partial charge in [0.2, 0.25) is 5.91 Å². The van der Waals surface area contributed by atoms with Crippen LogP contribution in [0.1, 0.15) is 39.5 Å². The number of ether oxygens (including phenoxy) is 1. The molecule has 4 nitrogen and oxygen atoms in total. The number of halogens is 1. The Morgan fingerprint density at radius 3 is 2.39 bits per heavy atom. The molecule has 1 saturated carbocycles. The molecule has 0 aliphatic heterocycles. The van der Waals surface area contributed by atoms with Gasteiger partial charge in [-0.05, 0) is 26.7 Å². The maximum Gasteiger partial charge on any atom is 0.230 e. The third-order valence-corrected chi connectivity index (χ3v) is 3.78. The van der Waals surface area contributed by atoms with Gasteiger partial charge in [-0.3, -0.25) is 4.79 Å². The Morgan fingerprint density at radius 1 is 1.33 bits per heavy atom. The Hall–Kier alpha value is -0.320. The van der Waals surface area contributed by atoms with Crippen LogP contribution in [0.25, 0.3) is 0 Å². The van der Waals surface area contributed by atoms with Gasteiger partial charge in [0.05, 0.1) is 12.0 Å². The minimum atomic E-state index is -0.276. The van der Waals surface area contributed by atoms with Crippen molar-refractivity contribution in [2.75, 3.05) is 32.8 Å². The highest BCUT2D eigenvalue weighted by Gasteiger charge is 2.41. The van der Waals surface area contributed by atoms with Crippen molar-refractivity contribution in [2.24, 2.45) is 11.1 Å². The van der Waals surface area contributed by atoms with Crippen molar-refractivity contribution >= 4 is 18.3 Å². The van der Waals surface area contributed by atoms with Crippen molar-refractivity contribution in [3.8, 4) is 0 Å². The Labute approximate surface area is 117 Å². The first-order valence-corrected chi connectivity index (χ1v) is 6.77. The molecular weight excluding hydrogens is 252 g/mol. The summed E-state index contributed by atoms with van der Waals surface area (Å²) in [6.07, 6.45) is 4.17. The third kappa shape index (κ3) is 4.11. The van der Waals surface area contributed by atoms with Crippen LogP contribution in [-0.2, 0) is 9.53 Å². The Kier molecular flexibility index (Phi) is 8.57.